The quantitative estimate of drug-likeness (QED) is 0.676. The largest absolute Gasteiger partial charge is 0.358 e. The molecule has 1 amide bonds. The summed E-state index contributed by atoms with van der Waals surface area (Å²) in [6.07, 6.45) is 2.68. The SMILES string of the molecule is O=C(Cc1ccccc1F)N[C@H]1CCc2[nH]c3ccc(Br)cc3c2C1. The molecule has 0 saturated carbocycles. The monoisotopic (exact) mass is 400 g/mol. The number of amides is 1. The molecule has 4 rings (SSSR count). The van der Waals surface area contributed by atoms with E-state index in [0.717, 1.165) is 29.3 Å². The van der Waals surface area contributed by atoms with E-state index in [-0.39, 0.29) is 24.2 Å². The van der Waals surface area contributed by atoms with E-state index in [9.17, 15) is 9.18 Å². The van der Waals surface area contributed by atoms with Crippen LogP contribution >= 0.6 is 15.9 Å². The number of halogens is 2. The van der Waals surface area contributed by atoms with Crippen molar-refractivity contribution in [2.75, 3.05) is 0 Å². The van der Waals surface area contributed by atoms with E-state index >= 15 is 0 Å². The number of H-pyrrole nitrogens is 1. The lowest BCUT2D eigenvalue weighted by Crippen LogP contribution is -2.39. The third-order valence-corrected chi connectivity index (χ3v) is 5.32. The Kier molecular flexibility index (Phi) is 4.34. The predicted octanol–water partition coefficient (Wildman–Crippen LogP) is 4.29. The van der Waals surface area contributed by atoms with Crippen molar-refractivity contribution in [3.8, 4) is 0 Å². The highest BCUT2D eigenvalue weighted by Gasteiger charge is 2.24. The molecule has 0 saturated heterocycles. The van der Waals surface area contributed by atoms with Crippen LogP contribution < -0.4 is 5.32 Å². The summed E-state index contributed by atoms with van der Waals surface area (Å²) in [5, 5.41) is 4.28. The van der Waals surface area contributed by atoms with Crippen molar-refractivity contribution in [2.24, 2.45) is 0 Å². The van der Waals surface area contributed by atoms with Crippen molar-refractivity contribution < 1.29 is 9.18 Å². The second-order valence-corrected chi connectivity index (χ2v) is 7.46. The van der Waals surface area contributed by atoms with Crippen LogP contribution in [0.3, 0.4) is 0 Å². The van der Waals surface area contributed by atoms with Gasteiger partial charge in [-0.25, -0.2) is 4.39 Å². The van der Waals surface area contributed by atoms with Crippen molar-refractivity contribution in [3.63, 3.8) is 0 Å². The number of benzene rings is 2. The first-order chi connectivity index (χ1) is 12.1. The second-order valence-electron chi connectivity index (χ2n) is 6.55. The summed E-state index contributed by atoms with van der Waals surface area (Å²) in [5.74, 6) is -0.454. The number of aryl methyl sites for hydroxylation is 1. The lowest BCUT2D eigenvalue weighted by Gasteiger charge is -2.23. The summed E-state index contributed by atoms with van der Waals surface area (Å²) in [6, 6.07) is 12.7. The molecular weight excluding hydrogens is 383 g/mol. The molecule has 0 fully saturated rings. The molecule has 1 aliphatic carbocycles. The molecule has 1 heterocycles. The Balaban J connectivity index is 1.49. The van der Waals surface area contributed by atoms with Gasteiger partial charge in [-0.3, -0.25) is 4.79 Å². The molecule has 0 spiro atoms. The fourth-order valence-electron chi connectivity index (χ4n) is 3.61. The van der Waals surface area contributed by atoms with Gasteiger partial charge in [-0.15, -0.1) is 0 Å². The fourth-order valence-corrected chi connectivity index (χ4v) is 3.97. The number of carbonyl (C=O) groups excluding carboxylic acids is 1. The van der Waals surface area contributed by atoms with E-state index in [1.54, 1.807) is 18.2 Å². The minimum absolute atomic E-state index is 0.0788. The number of aromatic amines is 1. The average molecular weight is 401 g/mol. The number of aromatic nitrogens is 1. The molecule has 2 aromatic carbocycles. The van der Waals surface area contributed by atoms with Gasteiger partial charge < -0.3 is 10.3 Å². The fraction of sp³-hybridized carbons (Fsp3) is 0.250. The second kappa shape index (κ2) is 6.64. The summed E-state index contributed by atoms with van der Waals surface area (Å²) in [5.41, 5.74) is 4.10. The highest BCUT2D eigenvalue weighted by molar-refractivity contribution is 9.10. The summed E-state index contributed by atoms with van der Waals surface area (Å²) >= 11 is 3.53. The number of fused-ring (bicyclic) bond motifs is 3. The third-order valence-electron chi connectivity index (χ3n) is 4.82. The molecule has 3 nitrogen and oxygen atoms in total. The Morgan fingerprint density at radius 3 is 2.96 bits per heavy atom. The number of hydrogen-bond donors (Lipinski definition) is 2. The standard InChI is InChI=1S/C20H18BrFN2O/c21-13-5-7-18-15(10-13)16-11-14(6-8-19(16)24-18)23-20(25)9-12-3-1-2-4-17(12)22/h1-5,7,10,14,24H,6,8-9,11H2,(H,23,25)/t14-/m0/s1. The van der Waals surface area contributed by atoms with Gasteiger partial charge in [0, 0.05) is 27.1 Å². The number of nitrogens with one attached hydrogen (secondary N) is 2. The van der Waals surface area contributed by atoms with Crippen LogP contribution in [-0.2, 0) is 24.1 Å². The maximum Gasteiger partial charge on any atom is 0.224 e. The molecular formula is C20H18BrFN2O. The molecule has 25 heavy (non-hydrogen) atoms. The summed E-state index contributed by atoms with van der Waals surface area (Å²) in [4.78, 5) is 15.8. The van der Waals surface area contributed by atoms with Crippen LogP contribution in [0.25, 0.3) is 10.9 Å². The molecule has 1 aliphatic rings. The van der Waals surface area contributed by atoms with Crippen molar-refractivity contribution >= 4 is 32.7 Å². The topological polar surface area (TPSA) is 44.9 Å². The van der Waals surface area contributed by atoms with Crippen LogP contribution in [-0.4, -0.2) is 16.9 Å². The van der Waals surface area contributed by atoms with Gasteiger partial charge >= 0.3 is 0 Å². The first kappa shape index (κ1) is 16.3. The maximum absolute atomic E-state index is 13.7. The molecule has 0 bridgehead atoms. The molecule has 0 unspecified atom stereocenters. The van der Waals surface area contributed by atoms with E-state index in [0.29, 0.717) is 5.56 Å². The van der Waals surface area contributed by atoms with Gasteiger partial charge in [0.2, 0.25) is 5.91 Å². The lowest BCUT2D eigenvalue weighted by molar-refractivity contribution is -0.121. The normalized spacial score (nSPS) is 16.6. The van der Waals surface area contributed by atoms with Crippen molar-refractivity contribution in [3.05, 3.63) is 69.6 Å². The van der Waals surface area contributed by atoms with Gasteiger partial charge in [-0.05, 0) is 54.7 Å². The van der Waals surface area contributed by atoms with Crippen LogP contribution in [0.15, 0.2) is 46.9 Å². The van der Waals surface area contributed by atoms with Gasteiger partial charge in [-0.2, -0.15) is 0 Å². The summed E-state index contributed by atoms with van der Waals surface area (Å²) in [6.45, 7) is 0. The average Bonchev–Trinajstić information content (AvgIpc) is 2.94. The van der Waals surface area contributed by atoms with Crippen LogP contribution in [0.2, 0.25) is 0 Å². The zero-order valence-corrected chi connectivity index (χ0v) is 15.2. The van der Waals surface area contributed by atoms with Gasteiger partial charge in [0.25, 0.3) is 0 Å². The number of rotatable bonds is 3. The minimum Gasteiger partial charge on any atom is -0.358 e. The molecule has 0 aliphatic heterocycles. The predicted molar refractivity (Wildman–Crippen MR) is 100 cm³/mol. The molecule has 1 aromatic heterocycles. The zero-order valence-electron chi connectivity index (χ0n) is 13.6. The van der Waals surface area contributed by atoms with E-state index in [2.05, 4.69) is 38.4 Å². The van der Waals surface area contributed by atoms with Gasteiger partial charge in [0.1, 0.15) is 5.82 Å². The van der Waals surface area contributed by atoms with Crippen molar-refractivity contribution in [2.45, 2.75) is 31.7 Å². The lowest BCUT2D eigenvalue weighted by atomic mass is 9.91. The van der Waals surface area contributed by atoms with E-state index < -0.39 is 0 Å². The summed E-state index contributed by atoms with van der Waals surface area (Å²) < 4.78 is 14.8. The molecule has 5 heteroatoms. The Morgan fingerprint density at radius 1 is 1.28 bits per heavy atom. The van der Waals surface area contributed by atoms with Crippen LogP contribution in [0.4, 0.5) is 4.39 Å². The van der Waals surface area contributed by atoms with E-state index in [4.69, 9.17) is 0 Å². The smallest absolute Gasteiger partial charge is 0.224 e. The molecule has 1 atom stereocenters. The zero-order chi connectivity index (χ0) is 17.4. The number of carbonyl (C=O) groups is 1. The maximum atomic E-state index is 13.7. The Hall–Kier alpha value is -2.14. The Labute approximate surface area is 153 Å². The molecule has 2 N–H and O–H groups in total. The van der Waals surface area contributed by atoms with Crippen LogP contribution in [0.5, 0.6) is 0 Å². The Bertz CT molecular complexity index is 950. The van der Waals surface area contributed by atoms with Crippen LogP contribution in [0.1, 0.15) is 23.2 Å². The minimum atomic E-state index is -0.329. The molecule has 3 aromatic rings. The van der Waals surface area contributed by atoms with Gasteiger partial charge in [0.05, 0.1) is 6.42 Å². The van der Waals surface area contributed by atoms with E-state index in [1.165, 1.54) is 22.7 Å². The third kappa shape index (κ3) is 3.33. The van der Waals surface area contributed by atoms with Crippen molar-refractivity contribution in [1.29, 1.82) is 0 Å². The van der Waals surface area contributed by atoms with E-state index in [1.807, 2.05) is 6.07 Å². The first-order valence-corrected chi connectivity index (χ1v) is 9.21. The first-order valence-electron chi connectivity index (χ1n) is 8.42. The Morgan fingerprint density at radius 2 is 2.12 bits per heavy atom. The molecule has 128 valence electrons. The van der Waals surface area contributed by atoms with Crippen molar-refractivity contribution in [1.82, 2.24) is 10.3 Å². The summed E-state index contributed by atoms with van der Waals surface area (Å²) in [7, 11) is 0. The number of hydrogen-bond acceptors (Lipinski definition) is 1. The highest BCUT2D eigenvalue weighted by atomic mass is 79.9. The highest BCUT2D eigenvalue weighted by Crippen LogP contribution is 2.31. The van der Waals surface area contributed by atoms with Gasteiger partial charge in [-0.1, -0.05) is 34.1 Å². The molecule has 0 radical (unpaired) electrons. The van der Waals surface area contributed by atoms with Gasteiger partial charge in [0.15, 0.2) is 0 Å². The van der Waals surface area contributed by atoms with Crippen LogP contribution in [0, 0.1) is 5.82 Å².